The highest BCUT2D eigenvalue weighted by Gasteiger charge is 2.23. The van der Waals surface area contributed by atoms with Gasteiger partial charge in [0.05, 0.1) is 5.69 Å². The largest absolute Gasteiger partial charge is 0.398 e. The zero-order valence-corrected chi connectivity index (χ0v) is 12.6. The van der Waals surface area contributed by atoms with E-state index in [0.29, 0.717) is 6.04 Å². The predicted molar refractivity (Wildman–Crippen MR) is 80.1 cm³/mol. The van der Waals surface area contributed by atoms with Gasteiger partial charge >= 0.3 is 0 Å². The Labute approximate surface area is 116 Å². The molecule has 19 heavy (non-hydrogen) atoms. The Hall–Kier alpha value is -1.13. The molecule has 1 aromatic rings. The van der Waals surface area contributed by atoms with Gasteiger partial charge in [-0.2, -0.15) is 0 Å². The summed E-state index contributed by atoms with van der Waals surface area (Å²) in [5.74, 6) is 0. The van der Waals surface area contributed by atoms with Crippen LogP contribution in [-0.2, 0) is 6.54 Å². The molecule has 1 saturated heterocycles. The predicted octanol–water partition coefficient (Wildman–Crippen LogP) is 1.81. The minimum Gasteiger partial charge on any atom is -0.398 e. The molecule has 1 aromatic heterocycles. The van der Waals surface area contributed by atoms with Gasteiger partial charge in [0.1, 0.15) is 0 Å². The Balaban J connectivity index is 2.08. The summed E-state index contributed by atoms with van der Waals surface area (Å²) in [6, 6.07) is 0.664. The Morgan fingerprint density at radius 2 is 2.11 bits per heavy atom. The summed E-state index contributed by atoms with van der Waals surface area (Å²) in [6.07, 6.45) is 3.10. The van der Waals surface area contributed by atoms with E-state index in [1.54, 1.807) is 0 Å². The maximum Gasteiger partial charge on any atom is 0.0593 e. The third-order valence-corrected chi connectivity index (χ3v) is 4.38. The molecule has 2 N–H and O–H groups in total. The van der Waals surface area contributed by atoms with Crippen molar-refractivity contribution in [2.75, 3.05) is 32.4 Å². The summed E-state index contributed by atoms with van der Waals surface area (Å²) >= 11 is 0. The van der Waals surface area contributed by atoms with Crippen LogP contribution in [0.3, 0.4) is 0 Å². The van der Waals surface area contributed by atoms with Crippen LogP contribution in [0.2, 0.25) is 0 Å². The van der Waals surface area contributed by atoms with Crippen LogP contribution in [0, 0.1) is 13.8 Å². The van der Waals surface area contributed by atoms with Crippen molar-refractivity contribution in [1.82, 2.24) is 14.8 Å². The number of rotatable bonds is 3. The van der Waals surface area contributed by atoms with Gasteiger partial charge in [-0.1, -0.05) is 6.92 Å². The number of nitrogens with two attached hydrogens (primary N) is 1. The lowest BCUT2D eigenvalue weighted by molar-refractivity contribution is 0.0874. The highest BCUT2D eigenvalue weighted by Crippen LogP contribution is 2.20. The first-order chi connectivity index (χ1) is 9.02. The van der Waals surface area contributed by atoms with Crippen molar-refractivity contribution < 1.29 is 0 Å². The van der Waals surface area contributed by atoms with Crippen molar-refractivity contribution >= 4 is 5.69 Å². The standard InChI is InChI=1S/C15H26N4/c1-5-13-9-19(7-6-18(13)4)10-14-12(3)15(16)11(2)8-17-14/h8,13H,5-7,9-10H2,1-4H3,(H2,16,17). The van der Waals surface area contributed by atoms with E-state index in [1.165, 1.54) is 6.42 Å². The van der Waals surface area contributed by atoms with Crippen LogP contribution in [0.4, 0.5) is 5.69 Å². The zero-order chi connectivity index (χ0) is 14.0. The lowest BCUT2D eigenvalue weighted by atomic mass is 10.1. The molecule has 0 aromatic carbocycles. The summed E-state index contributed by atoms with van der Waals surface area (Å²) in [7, 11) is 2.22. The van der Waals surface area contributed by atoms with Gasteiger partial charge in [0.25, 0.3) is 0 Å². The smallest absolute Gasteiger partial charge is 0.0593 e. The third kappa shape index (κ3) is 3.07. The molecular formula is C15H26N4. The molecule has 2 rings (SSSR count). The normalized spacial score (nSPS) is 21.8. The van der Waals surface area contributed by atoms with Crippen LogP contribution in [0.25, 0.3) is 0 Å². The number of hydrogen-bond acceptors (Lipinski definition) is 4. The molecule has 1 unspecified atom stereocenters. The zero-order valence-electron chi connectivity index (χ0n) is 12.6. The topological polar surface area (TPSA) is 45.4 Å². The number of nitrogens with zero attached hydrogens (tertiary/aromatic N) is 3. The van der Waals surface area contributed by atoms with Gasteiger partial charge in [-0.3, -0.25) is 9.88 Å². The van der Waals surface area contributed by atoms with Crippen molar-refractivity contribution in [2.45, 2.75) is 39.8 Å². The van der Waals surface area contributed by atoms with Gasteiger partial charge in [-0.15, -0.1) is 0 Å². The SMILES string of the molecule is CCC1CN(Cc2ncc(C)c(N)c2C)CCN1C. The Morgan fingerprint density at radius 3 is 2.79 bits per heavy atom. The average molecular weight is 262 g/mol. The van der Waals surface area contributed by atoms with E-state index < -0.39 is 0 Å². The van der Waals surface area contributed by atoms with Crippen LogP contribution in [-0.4, -0.2) is 47.5 Å². The first-order valence-electron chi connectivity index (χ1n) is 7.16. The van der Waals surface area contributed by atoms with Gasteiger partial charge in [0.15, 0.2) is 0 Å². The summed E-state index contributed by atoms with van der Waals surface area (Å²) < 4.78 is 0. The van der Waals surface area contributed by atoms with E-state index in [0.717, 1.165) is 48.7 Å². The molecular weight excluding hydrogens is 236 g/mol. The second-order valence-electron chi connectivity index (χ2n) is 5.70. The van der Waals surface area contributed by atoms with Crippen molar-refractivity contribution in [3.63, 3.8) is 0 Å². The molecule has 1 aliphatic rings. The number of nitrogen functional groups attached to an aromatic ring is 1. The molecule has 0 radical (unpaired) electrons. The number of likely N-dealkylation sites (N-methyl/N-ethyl adjacent to an activating group) is 1. The Bertz CT molecular complexity index is 444. The van der Waals surface area contributed by atoms with Gasteiger partial charge in [0.2, 0.25) is 0 Å². The van der Waals surface area contributed by atoms with Crippen LogP contribution < -0.4 is 5.73 Å². The first kappa shape index (κ1) is 14.3. The van der Waals surface area contributed by atoms with E-state index >= 15 is 0 Å². The summed E-state index contributed by atoms with van der Waals surface area (Å²) in [5.41, 5.74) is 10.3. The lowest BCUT2D eigenvalue weighted by Crippen LogP contribution is -2.50. The lowest BCUT2D eigenvalue weighted by Gasteiger charge is -2.39. The summed E-state index contributed by atoms with van der Waals surface area (Å²) in [4.78, 5) is 9.52. The number of anilines is 1. The fourth-order valence-electron chi connectivity index (χ4n) is 2.76. The van der Waals surface area contributed by atoms with Gasteiger partial charge in [-0.25, -0.2) is 0 Å². The first-order valence-corrected chi connectivity index (χ1v) is 7.16. The van der Waals surface area contributed by atoms with Gasteiger partial charge in [-0.05, 0) is 38.4 Å². The van der Waals surface area contributed by atoms with Crippen molar-refractivity contribution in [3.8, 4) is 0 Å². The molecule has 1 atom stereocenters. The van der Waals surface area contributed by atoms with Crippen LogP contribution in [0.15, 0.2) is 6.20 Å². The molecule has 0 amide bonds. The number of aromatic nitrogens is 1. The number of hydrogen-bond donors (Lipinski definition) is 1. The number of piperazine rings is 1. The fourth-order valence-corrected chi connectivity index (χ4v) is 2.76. The molecule has 0 saturated carbocycles. The maximum atomic E-state index is 6.10. The Morgan fingerprint density at radius 1 is 1.37 bits per heavy atom. The molecule has 106 valence electrons. The number of pyridine rings is 1. The maximum absolute atomic E-state index is 6.10. The highest BCUT2D eigenvalue weighted by molar-refractivity contribution is 5.53. The molecule has 1 fully saturated rings. The Kier molecular flexibility index (Phi) is 4.42. The molecule has 4 heteroatoms. The molecule has 4 nitrogen and oxygen atoms in total. The summed E-state index contributed by atoms with van der Waals surface area (Å²) in [5, 5.41) is 0. The minimum atomic E-state index is 0.664. The van der Waals surface area contributed by atoms with Crippen molar-refractivity contribution in [2.24, 2.45) is 0 Å². The third-order valence-electron chi connectivity index (χ3n) is 4.38. The van der Waals surface area contributed by atoms with Crippen LogP contribution in [0.1, 0.15) is 30.2 Å². The molecule has 1 aliphatic heterocycles. The van der Waals surface area contributed by atoms with E-state index in [4.69, 9.17) is 5.73 Å². The molecule has 0 spiro atoms. The number of aryl methyl sites for hydroxylation is 1. The summed E-state index contributed by atoms with van der Waals surface area (Å²) in [6.45, 7) is 10.7. The second-order valence-corrected chi connectivity index (χ2v) is 5.70. The van der Waals surface area contributed by atoms with Gasteiger partial charge in [0, 0.05) is 44.1 Å². The van der Waals surface area contributed by atoms with Crippen molar-refractivity contribution in [1.29, 1.82) is 0 Å². The van der Waals surface area contributed by atoms with Gasteiger partial charge < -0.3 is 10.6 Å². The molecule has 2 heterocycles. The second kappa shape index (κ2) is 5.88. The van der Waals surface area contributed by atoms with Crippen LogP contribution >= 0.6 is 0 Å². The average Bonchev–Trinajstić information content (AvgIpc) is 2.41. The van der Waals surface area contributed by atoms with E-state index in [2.05, 4.69) is 35.7 Å². The monoisotopic (exact) mass is 262 g/mol. The highest BCUT2D eigenvalue weighted by atomic mass is 15.3. The van der Waals surface area contributed by atoms with E-state index in [-0.39, 0.29) is 0 Å². The van der Waals surface area contributed by atoms with E-state index in [9.17, 15) is 0 Å². The molecule has 0 aliphatic carbocycles. The van der Waals surface area contributed by atoms with Crippen molar-refractivity contribution in [3.05, 3.63) is 23.0 Å². The quantitative estimate of drug-likeness (QED) is 0.902. The van der Waals surface area contributed by atoms with E-state index in [1.807, 2.05) is 13.1 Å². The van der Waals surface area contributed by atoms with Crippen LogP contribution in [0.5, 0.6) is 0 Å². The molecule has 0 bridgehead atoms. The minimum absolute atomic E-state index is 0.664. The fraction of sp³-hybridized carbons (Fsp3) is 0.667.